The molecule has 0 unspecified atom stereocenters. The summed E-state index contributed by atoms with van der Waals surface area (Å²) >= 11 is 0. The summed E-state index contributed by atoms with van der Waals surface area (Å²) in [6.07, 6.45) is 6.36. The lowest BCUT2D eigenvalue weighted by molar-refractivity contribution is -0.143. The number of urea groups is 1. The molecule has 2 aliphatic carbocycles. The van der Waals surface area contributed by atoms with Crippen molar-refractivity contribution in [1.82, 2.24) is 9.62 Å². The largest absolute Gasteiger partial charge is 0.497 e. The highest BCUT2D eigenvalue weighted by molar-refractivity contribution is 7.90. The van der Waals surface area contributed by atoms with Crippen LogP contribution in [0.1, 0.15) is 65.6 Å². The summed E-state index contributed by atoms with van der Waals surface area (Å²) in [6, 6.07) is 13.6. The number of aryl methyl sites for hydroxylation is 2. The zero-order valence-electron chi connectivity index (χ0n) is 25.5. The highest BCUT2D eigenvalue weighted by atomic mass is 32.2. The molecule has 9 nitrogen and oxygen atoms in total. The van der Waals surface area contributed by atoms with Crippen LogP contribution < -0.4 is 14.8 Å². The van der Waals surface area contributed by atoms with Crippen LogP contribution in [0.15, 0.2) is 53.4 Å². The molecule has 1 heterocycles. The Labute approximate surface area is 259 Å². The van der Waals surface area contributed by atoms with Crippen molar-refractivity contribution in [3.8, 4) is 5.75 Å². The molecule has 0 saturated carbocycles. The molecule has 0 atom stereocenters. The van der Waals surface area contributed by atoms with Gasteiger partial charge in [0.25, 0.3) is 10.0 Å². The molecule has 0 fully saturated rings. The number of hydrogen-bond donors (Lipinski definition) is 2. The number of methoxy groups -OCH3 is 1. The van der Waals surface area contributed by atoms with E-state index in [1.54, 1.807) is 24.1 Å². The smallest absolute Gasteiger partial charge is 0.333 e. The van der Waals surface area contributed by atoms with Crippen LogP contribution in [0.3, 0.4) is 0 Å². The maximum absolute atomic E-state index is 13.6. The summed E-state index contributed by atoms with van der Waals surface area (Å²) in [5.41, 5.74) is 7.54. The maximum Gasteiger partial charge on any atom is 0.333 e. The van der Waals surface area contributed by atoms with Crippen LogP contribution in [0.2, 0.25) is 0 Å². The first-order valence-electron chi connectivity index (χ1n) is 15.2. The topological polar surface area (TPSA) is 114 Å². The van der Waals surface area contributed by atoms with E-state index in [0.717, 1.165) is 77.8 Å². The summed E-state index contributed by atoms with van der Waals surface area (Å²) < 4.78 is 39.6. The number of fused-ring (bicyclic) bond motifs is 3. The summed E-state index contributed by atoms with van der Waals surface area (Å²) in [6.45, 7) is 4.76. The van der Waals surface area contributed by atoms with Crippen molar-refractivity contribution >= 4 is 27.6 Å². The molecule has 3 aromatic carbocycles. The van der Waals surface area contributed by atoms with E-state index in [1.165, 1.54) is 23.3 Å². The third kappa shape index (κ3) is 5.80. The van der Waals surface area contributed by atoms with Crippen LogP contribution >= 0.6 is 0 Å². The van der Waals surface area contributed by atoms with Crippen LogP contribution in [0, 0.1) is 0 Å². The number of sulfonamides is 1. The zero-order valence-corrected chi connectivity index (χ0v) is 26.3. The molecule has 0 aromatic heterocycles. The monoisotopic (exact) mass is 617 g/mol. The molecule has 0 saturated heterocycles. The van der Waals surface area contributed by atoms with Gasteiger partial charge in [0.15, 0.2) is 0 Å². The Morgan fingerprint density at radius 1 is 0.955 bits per heavy atom. The van der Waals surface area contributed by atoms with Gasteiger partial charge in [-0.3, -0.25) is 4.79 Å². The Morgan fingerprint density at radius 3 is 2.30 bits per heavy atom. The number of hydrogen-bond acceptors (Lipinski definition) is 6. The van der Waals surface area contributed by atoms with E-state index in [2.05, 4.69) is 16.1 Å². The average molecular weight is 618 g/mol. The van der Waals surface area contributed by atoms with Gasteiger partial charge in [-0.25, -0.2) is 17.9 Å². The van der Waals surface area contributed by atoms with Crippen molar-refractivity contribution in [3.05, 3.63) is 87.5 Å². The standard InChI is InChI=1S/C34H39N3O6S/c1-34(2)30-15-12-26(42-3)19-25(30)20-43-21-37(32(34)38)17-16-22-10-13-27(14-11-22)44(40,41)36-33(39)35-31-28-8-4-6-23(28)18-24-7-5-9-29(24)31/h10-15,18-19H,4-9,16-17,20-21H2,1-3H3,(H2,35,36,39). The SMILES string of the molecule is COc1ccc2c(c1)COCN(CCc1ccc(S(=O)(=O)NC(=O)Nc3c4c(cc5c3CCC5)CCC4)cc1)C(=O)C2(C)C. The van der Waals surface area contributed by atoms with Crippen molar-refractivity contribution in [3.63, 3.8) is 0 Å². The molecule has 2 N–H and O–H groups in total. The number of rotatable bonds is 7. The van der Waals surface area contributed by atoms with Gasteiger partial charge in [0.05, 0.1) is 24.0 Å². The van der Waals surface area contributed by atoms with Gasteiger partial charge in [-0.1, -0.05) is 24.3 Å². The molecule has 3 amide bonds. The van der Waals surface area contributed by atoms with Gasteiger partial charge in [-0.2, -0.15) is 0 Å². The van der Waals surface area contributed by atoms with Crippen LogP contribution in [-0.2, 0) is 63.7 Å². The number of carbonyl (C=O) groups is 2. The van der Waals surface area contributed by atoms with Gasteiger partial charge in [0.2, 0.25) is 5.91 Å². The number of nitrogens with zero attached hydrogens (tertiary/aromatic N) is 1. The van der Waals surface area contributed by atoms with Crippen molar-refractivity contribution in [2.45, 2.75) is 75.7 Å². The van der Waals surface area contributed by atoms with Crippen LogP contribution in [0.4, 0.5) is 10.5 Å². The molecular formula is C34H39N3O6S. The fraction of sp³-hybridized carbons (Fsp3) is 0.412. The molecule has 0 radical (unpaired) electrons. The number of ether oxygens (including phenoxy) is 2. The molecule has 6 rings (SSSR count). The maximum atomic E-state index is 13.6. The van der Waals surface area contributed by atoms with Gasteiger partial charge in [0, 0.05) is 12.2 Å². The molecule has 3 aromatic rings. The molecule has 232 valence electrons. The third-order valence-corrected chi connectivity index (χ3v) is 10.5. The minimum atomic E-state index is -4.08. The van der Waals surface area contributed by atoms with Crippen molar-refractivity contribution < 1.29 is 27.5 Å². The van der Waals surface area contributed by atoms with E-state index in [9.17, 15) is 18.0 Å². The Bertz CT molecular complexity index is 1680. The third-order valence-electron chi connectivity index (χ3n) is 9.15. The van der Waals surface area contributed by atoms with E-state index in [0.29, 0.717) is 19.6 Å². The number of carbonyl (C=O) groups excluding carboxylic acids is 2. The average Bonchev–Trinajstić information content (AvgIpc) is 3.67. The highest BCUT2D eigenvalue weighted by Gasteiger charge is 2.37. The van der Waals surface area contributed by atoms with E-state index in [1.807, 2.05) is 32.0 Å². The van der Waals surface area contributed by atoms with E-state index >= 15 is 0 Å². The van der Waals surface area contributed by atoms with Crippen LogP contribution in [0.25, 0.3) is 0 Å². The number of amides is 3. The molecule has 44 heavy (non-hydrogen) atoms. The van der Waals surface area contributed by atoms with E-state index in [-0.39, 0.29) is 17.5 Å². The lowest BCUT2D eigenvalue weighted by Gasteiger charge is -2.36. The Kier molecular flexibility index (Phi) is 8.15. The second-order valence-electron chi connectivity index (χ2n) is 12.4. The quantitative estimate of drug-likeness (QED) is 0.385. The Hall–Kier alpha value is -3.89. The molecule has 10 heteroatoms. The highest BCUT2D eigenvalue weighted by Crippen LogP contribution is 2.39. The first-order valence-corrected chi connectivity index (χ1v) is 16.7. The number of benzene rings is 3. The Morgan fingerprint density at radius 2 is 1.64 bits per heavy atom. The second-order valence-corrected chi connectivity index (χ2v) is 14.1. The fourth-order valence-electron chi connectivity index (χ4n) is 6.81. The number of anilines is 1. The summed E-state index contributed by atoms with van der Waals surface area (Å²) in [7, 11) is -2.47. The Balaban J connectivity index is 1.09. The van der Waals surface area contributed by atoms with Gasteiger partial charge < -0.3 is 19.7 Å². The lowest BCUT2D eigenvalue weighted by atomic mass is 9.80. The molecule has 3 aliphatic rings. The minimum absolute atomic E-state index is 0.00115. The zero-order chi connectivity index (χ0) is 31.1. The van der Waals surface area contributed by atoms with Crippen LogP contribution in [-0.4, -0.2) is 45.6 Å². The lowest BCUT2D eigenvalue weighted by Crippen LogP contribution is -2.47. The molecule has 0 bridgehead atoms. The fourth-order valence-corrected chi connectivity index (χ4v) is 7.72. The molecular weight excluding hydrogens is 578 g/mol. The first-order chi connectivity index (χ1) is 21.1. The van der Waals surface area contributed by atoms with E-state index in [4.69, 9.17) is 9.47 Å². The summed E-state index contributed by atoms with van der Waals surface area (Å²) in [5, 5.41) is 2.88. The number of nitrogens with one attached hydrogen (secondary N) is 2. The second kappa shape index (κ2) is 11.9. The predicted molar refractivity (Wildman–Crippen MR) is 167 cm³/mol. The first kappa shape index (κ1) is 30.1. The minimum Gasteiger partial charge on any atom is -0.497 e. The summed E-state index contributed by atoms with van der Waals surface area (Å²) in [5.74, 6) is 0.671. The van der Waals surface area contributed by atoms with Crippen molar-refractivity contribution in [2.24, 2.45) is 0 Å². The van der Waals surface area contributed by atoms with Crippen LogP contribution in [0.5, 0.6) is 5.75 Å². The summed E-state index contributed by atoms with van der Waals surface area (Å²) in [4.78, 5) is 28.2. The van der Waals surface area contributed by atoms with Gasteiger partial charge >= 0.3 is 6.03 Å². The van der Waals surface area contributed by atoms with Gasteiger partial charge in [0.1, 0.15) is 12.5 Å². The van der Waals surface area contributed by atoms with Crippen molar-refractivity contribution in [1.29, 1.82) is 0 Å². The van der Waals surface area contributed by atoms with Gasteiger partial charge in [-0.05, 0) is 122 Å². The van der Waals surface area contributed by atoms with Gasteiger partial charge in [-0.15, -0.1) is 0 Å². The van der Waals surface area contributed by atoms with E-state index < -0.39 is 21.5 Å². The normalized spacial score (nSPS) is 17.2. The molecule has 0 spiro atoms. The predicted octanol–water partition coefficient (Wildman–Crippen LogP) is 5.02. The molecule has 1 aliphatic heterocycles. The van der Waals surface area contributed by atoms with Crippen molar-refractivity contribution in [2.75, 3.05) is 25.7 Å².